The SMILES string of the molecule is Fc1ccc(-c2ccc3cc(-c4ccc(-c5cnc6ccccc6c5)nc4)cnc3c2)cc1. The number of halogens is 1. The molecule has 6 rings (SSSR count). The third-order valence-corrected chi connectivity index (χ3v) is 5.84. The minimum atomic E-state index is -0.237. The predicted molar refractivity (Wildman–Crippen MR) is 131 cm³/mol. The number of rotatable bonds is 3. The molecule has 0 saturated heterocycles. The van der Waals surface area contributed by atoms with E-state index in [4.69, 9.17) is 0 Å². The van der Waals surface area contributed by atoms with Crippen molar-refractivity contribution in [2.45, 2.75) is 0 Å². The quantitative estimate of drug-likeness (QED) is 0.297. The zero-order chi connectivity index (χ0) is 22.2. The summed E-state index contributed by atoms with van der Waals surface area (Å²) < 4.78 is 13.2. The Kier molecular flexibility index (Phi) is 4.62. The standard InChI is InChI=1S/C29H18FN3/c30-26-10-7-19(8-11-26)20-5-6-22-13-24(17-33-29(22)15-20)23-9-12-28(31-16-23)25-14-21-3-1-2-4-27(21)32-18-25/h1-18H. The number of nitrogens with zero attached hydrogens (tertiary/aromatic N) is 3. The van der Waals surface area contributed by atoms with Crippen LogP contribution in [0.2, 0.25) is 0 Å². The molecule has 3 aromatic carbocycles. The maximum atomic E-state index is 13.2. The zero-order valence-corrected chi connectivity index (χ0v) is 17.6. The molecule has 0 atom stereocenters. The van der Waals surface area contributed by atoms with Gasteiger partial charge in [-0.05, 0) is 53.6 Å². The minimum absolute atomic E-state index is 0.237. The van der Waals surface area contributed by atoms with Crippen LogP contribution in [0.5, 0.6) is 0 Å². The molecule has 4 heteroatoms. The molecule has 6 aromatic rings. The number of benzene rings is 3. The highest BCUT2D eigenvalue weighted by Gasteiger charge is 2.07. The van der Waals surface area contributed by atoms with Gasteiger partial charge in [-0.25, -0.2) is 4.39 Å². The summed E-state index contributed by atoms with van der Waals surface area (Å²) >= 11 is 0. The van der Waals surface area contributed by atoms with Gasteiger partial charge in [-0.1, -0.05) is 48.5 Å². The van der Waals surface area contributed by atoms with E-state index in [0.717, 1.165) is 55.3 Å². The fourth-order valence-electron chi connectivity index (χ4n) is 4.05. The van der Waals surface area contributed by atoms with Crippen molar-refractivity contribution < 1.29 is 4.39 Å². The van der Waals surface area contributed by atoms with Gasteiger partial charge in [0.25, 0.3) is 0 Å². The van der Waals surface area contributed by atoms with Gasteiger partial charge < -0.3 is 0 Å². The van der Waals surface area contributed by atoms with Crippen molar-refractivity contribution in [2.24, 2.45) is 0 Å². The van der Waals surface area contributed by atoms with E-state index < -0.39 is 0 Å². The smallest absolute Gasteiger partial charge is 0.123 e. The molecular formula is C29H18FN3. The van der Waals surface area contributed by atoms with Gasteiger partial charge in [0.1, 0.15) is 5.82 Å². The number of hydrogen-bond acceptors (Lipinski definition) is 3. The van der Waals surface area contributed by atoms with E-state index in [1.165, 1.54) is 12.1 Å². The highest BCUT2D eigenvalue weighted by Crippen LogP contribution is 2.28. The summed E-state index contributed by atoms with van der Waals surface area (Å²) in [7, 11) is 0. The molecule has 156 valence electrons. The molecule has 3 heterocycles. The molecule has 0 N–H and O–H groups in total. The van der Waals surface area contributed by atoms with Crippen LogP contribution in [0.25, 0.3) is 55.3 Å². The Morgan fingerprint density at radius 3 is 1.97 bits per heavy atom. The second kappa shape index (κ2) is 7.92. The lowest BCUT2D eigenvalue weighted by Gasteiger charge is -2.07. The Labute approximate surface area is 190 Å². The van der Waals surface area contributed by atoms with Crippen molar-refractivity contribution in [3.05, 3.63) is 115 Å². The average molecular weight is 427 g/mol. The van der Waals surface area contributed by atoms with Crippen molar-refractivity contribution in [3.63, 3.8) is 0 Å². The summed E-state index contributed by atoms with van der Waals surface area (Å²) in [4.78, 5) is 13.9. The van der Waals surface area contributed by atoms with Crippen LogP contribution in [0.15, 0.2) is 110 Å². The van der Waals surface area contributed by atoms with Gasteiger partial charge >= 0.3 is 0 Å². The van der Waals surface area contributed by atoms with E-state index in [2.05, 4.69) is 39.2 Å². The largest absolute Gasteiger partial charge is 0.256 e. The highest BCUT2D eigenvalue weighted by atomic mass is 19.1. The number of pyridine rings is 3. The molecule has 0 unspecified atom stereocenters. The lowest BCUT2D eigenvalue weighted by Crippen LogP contribution is -1.89. The van der Waals surface area contributed by atoms with Crippen molar-refractivity contribution in [2.75, 3.05) is 0 Å². The Bertz CT molecular complexity index is 1610. The Morgan fingerprint density at radius 1 is 0.455 bits per heavy atom. The van der Waals surface area contributed by atoms with Crippen LogP contribution in [0.4, 0.5) is 4.39 Å². The summed E-state index contributed by atoms with van der Waals surface area (Å²) in [6.45, 7) is 0. The average Bonchev–Trinajstić information content (AvgIpc) is 2.88. The molecule has 0 fully saturated rings. The monoisotopic (exact) mass is 427 g/mol. The normalized spacial score (nSPS) is 11.2. The molecule has 0 amide bonds. The van der Waals surface area contributed by atoms with Crippen LogP contribution in [-0.2, 0) is 0 Å². The first kappa shape index (κ1) is 19.3. The molecule has 0 aliphatic carbocycles. The molecule has 0 aliphatic rings. The summed E-state index contributed by atoms with van der Waals surface area (Å²) in [5, 5.41) is 2.14. The Balaban J connectivity index is 1.30. The van der Waals surface area contributed by atoms with E-state index in [1.54, 1.807) is 12.1 Å². The number of fused-ring (bicyclic) bond motifs is 2. The number of aromatic nitrogens is 3. The summed E-state index contributed by atoms with van der Waals surface area (Å²) in [6, 6.07) is 29.0. The molecule has 33 heavy (non-hydrogen) atoms. The first-order valence-corrected chi connectivity index (χ1v) is 10.7. The molecule has 3 aromatic heterocycles. The Morgan fingerprint density at radius 2 is 1.12 bits per heavy atom. The molecule has 0 aliphatic heterocycles. The highest BCUT2D eigenvalue weighted by molar-refractivity contribution is 5.88. The van der Waals surface area contributed by atoms with Gasteiger partial charge in [-0.15, -0.1) is 0 Å². The van der Waals surface area contributed by atoms with Crippen LogP contribution < -0.4 is 0 Å². The molecular weight excluding hydrogens is 409 g/mol. The van der Waals surface area contributed by atoms with Crippen LogP contribution in [0.3, 0.4) is 0 Å². The Hall–Kier alpha value is -4.44. The van der Waals surface area contributed by atoms with Gasteiger partial charge in [-0.2, -0.15) is 0 Å². The van der Waals surface area contributed by atoms with Crippen LogP contribution >= 0.6 is 0 Å². The molecule has 0 saturated carbocycles. The zero-order valence-electron chi connectivity index (χ0n) is 17.6. The topological polar surface area (TPSA) is 38.7 Å². The van der Waals surface area contributed by atoms with Crippen LogP contribution in [-0.4, -0.2) is 15.0 Å². The van der Waals surface area contributed by atoms with Gasteiger partial charge in [0.2, 0.25) is 0 Å². The lowest BCUT2D eigenvalue weighted by atomic mass is 10.0. The van der Waals surface area contributed by atoms with E-state index in [1.807, 2.05) is 61.1 Å². The molecule has 0 bridgehead atoms. The summed E-state index contributed by atoms with van der Waals surface area (Å²) in [6.07, 6.45) is 5.60. The fraction of sp³-hybridized carbons (Fsp3) is 0. The number of hydrogen-bond donors (Lipinski definition) is 0. The lowest BCUT2D eigenvalue weighted by molar-refractivity contribution is 0.628. The minimum Gasteiger partial charge on any atom is -0.256 e. The second-order valence-corrected chi connectivity index (χ2v) is 7.99. The van der Waals surface area contributed by atoms with E-state index in [9.17, 15) is 4.39 Å². The first-order chi connectivity index (χ1) is 16.2. The van der Waals surface area contributed by atoms with E-state index in [0.29, 0.717) is 0 Å². The van der Waals surface area contributed by atoms with Crippen molar-refractivity contribution >= 4 is 21.8 Å². The van der Waals surface area contributed by atoms with E-state index >= 15 is 0 Å². The predicted octanol–water partition coefficient (Wildman–Crippen LogP) is 7.32. The third kappa shape index (κ3) is 3.72. The van der Waals surface area contributed by atoms with Gasteiger partial charge in [0.15, 0.2) is 0 Å². The fourth-order valence-corrected chi connectivity index (χ4v) is 4.05. The molecule has 3 nitrogen and oxygen atoms in total. The second-order valence-electron chi connectivity index (χ2n) is 7.99. The maximum absolute atomic E-state index is 13.2. The van der Waals surface area contributed by atoms with Crippen LogP contribution in [0.1, 0.15) is 0 Å². The molecule has 0 spiro atoms. The summed E-state index contributed by atoms with van der Waals surface area (Å²) in [5.74, 6) is -0.237. The van der Waals surface area contributed by atoms with Gasteiger partial charge in [0, 0.05) is 46.1 Å². The summed E-state index contributed by atoms with van der Waals surface area (Å²) in [5.41, 5.74) is 7.73. The van der Waals surface area contributed by atoms with Gasteiger partial charge in [-0.3, -0.25) is 15.0 Å². The molecule has 0 radical (unpaired) electrons. The third-order valence-electron chi connectivity index (χ3n) is 5.84. The van der Waals surface area contributed by atoms with Crippen molar-refractivity contribution in [1.82, 2.24) is 15.0 Å². The number of para-hydroxylation sites is 1. The van der Waals surface area contributed by atoms with E-state index in [-0.39, 0.29) is 5.82 Å². The van der Waals surface area contributed by atoms with Crippen LogP contribution in [0, 0.1) is 5.82 Å². The van der Waals surface area contributed by atoms with Crippen molar-refractivity contribution in [3.8, 4) is 33.5 Å². The van der Waals surface area contributed by atoms with Gasteiger partial charge in [0.05, 0.1) is 16.7 Å². The maximum Gasteiger partial charge on any atom is 0.123 e. The van der Waals surface area contributed by atoms with Crippen molar-refractivity contribution in [1.29, 1.82) is 0 Å². The first-order valence-electron chi connectivity index (χ1n) is 10.7.